The number of nitrogens with zero attached hydrogens (tertiary/aromatic N) is 4. The molecule has 0 bridgehead atoms. The van der Waals surface area contributed by atoms with Crippen molar-refractivity contribution in [3.05, 3.63) is 66.0 Å². The Morgan fingerprint density at radius 3 is 2.38 bits per heavy atom. The quantitative estimate of drug-likeness (QED) is 0.440. The molecule has 1 aromatic heterocycles. The van der Waals surface area contributed by atoms with Crippen molar-refractivity contribution in [2.24, 2.45) is 0 Å². The summed E-state index contributed by atoms with van der Waals surface area (Å²) in [6, 6.07) is 14.8. The summed E-state index contributed by atoms with van der Waals surface area (Å²) < 4.78 is 14.9. The first-order valence-corrected chi connectivity index (χ1v) is 11.3. The Balaban J connectivity index is 1.41. The zero-order valence-electron chi connectivity index (χ0n) is 17.3. The van der Waals surface area contributed by atoms with Gasteiger partial charge in [0.25, 0.3) is 5.91 Å². The van der Waals surface area contributed by atoms with Crippen LogP contribution in [0, 0.1) is 5.82 Å². The smallest absolute Gasteiger partial charge is 0.269 e. The molecule has 0 spiro atoms. The average Bonchev–Trinajstić information content (AvgIpc) is 3.27. The molecule has 32 heavy (non-hydrogen) atoms. The number of benzene rings is 2. The van der Waals surface area contributed by atoms with E-state index in [4.69, 9.17) is 0 Å². The summed E-state index contributed by atoms with van der Waals surface area (Å²) in [5.41, 5.74) is 5.87. The Morgan fingerprint density at radius 2 is 1.66 bits per heavy atom. The van der Waals surface area contributed by atoms with E-state index >= 15 is 0 Å². The zero-order chi connectivity index (χ0) is 22.3. The number of halogens is 1. The number of hydrogen-bond acceptors (Lipinski definition) is 6. The number of carbonyl (C=O) groups is 2. The van der Waals surface area contributed by atoms with E-state index in [0.29, 0.717) is 5.16 Å². The summed E-state index contributed by atoms with van der Waals surface area (Å²) in [7, 11) is 0. The molecule has 0 unspecified atom stereocenters. The van der Waals surface area contributed by atoms with Gasteiger partial charge >= 0.3 is 0 Å². The van der Waals surface area contributed by atoms with Crippen LogP contribution in [0.3, 0.4) is 0 Å². The van der Waals surface area contributed by atoms with Crippen molar-refractivity contribution in [1.29, 1.82) is 0 Å². The third-order valence-corrected chi connectivity index (χ3v) is 5.95. The summed E-state index contributed by atoms with van der Waals surface area (Å²) >= 11 is 1.23. The summed E-state index contributed by atoms with van der Waals surface area (Å²) in [5, 5.41) is 9.32. The fraction of sp³-hybridized carbons (Fsp3) is 0.273. The van der Waals surface area contributed by atoms with E-state index in [1.807, 2.05) is 34.9 Å². The van der Waals surface area contributed by atoms with Gasteiger partial charge in [-0.15, -0.1) is 10.2 Å². The van der Waals surface area contributed by atoms with Crippen LogP contribution in [0.2, 0.25) is 0 Å². The number of anilines is 1. The van der Waals surface area contributed by atoms with E-state index in [1.54, 1.807) is 0 Å². The van der Waals surface area contributed by atoms with Gasteiger partial charge in [0.1, 0.15) is 5.82 Å². The van der Waals surface area contributed by atoms with Crippen molar-refractivity contribution in [1.82, 2.24) is 25.6 Å². The third kappa shape index (κ3) is 5.25. The molecule has 166 valence electrons. The van der Waals surface area contributed by atoms with Gasteiger partial charge in [-0.3, -0.25) is 25.0 Å². The van der Waals surface area contributed by atoms with Gasteiger partial charge < -0.3 is 4.90 Å². The van der Waals surface area contributed by atoms with Crippen LogP contribution in [-0.2, 0) is 4.79 Å². The molecule has 8 nitrogen and oxygen atoms in total. The number of rotatable bonds is 6. The molecule has 1 aliphatic heterocycles. The monoisotopic (exact) mass is 454 g/mol. The molecule has 3 aromatic rings. The molecule has 0 radical (unpaired) electrons. The molecular formula is C22H23FN6O2S. The minimum Gasteiger partial charge on any atom is -0.341 e. The topological polar surface area (TPSA) is 92.2 Å². The highest BCUT2D eigenvalue weighted by atomic mass is 32.2. The van der Waals surface area contributed by atoms with E-state index in [1.165, 1.54) is 42.4 Å². The highest BCUT2D eigenvalue weighted by molar-refractivity contribution is 7.99. The molecule has 2 heterocycles. The van der Waals surface area contributed by atoms with Crippen molar-refractivity contribution in [3.8, 4) is 5.69 Å². The number of aromatic nitrogens is 3. The molecule has 1 fully saturated rings. The number of para-hydroxylation sites is 1. The van der Waals surface area contributed by atoms with Gasteiger partial charge in [0, 0.05) is 18.7 Å². The molecule has 4 rings (SSSR count). The van der Waals surface area contributed by atoms with Crippen LogP contribution in [0.4, 0.5) is 10.3 Å². The van der Waals surface area contributed by atoms with Gasteiger partial charge in [0.15, 0.2) is 5.16 Å². The second kappa shape index (κ2) is 10.3. The Morgan fingerprint density at radius 1 is 0.938 bits per heavy atom. The Labute approximate surface area is 189 Å². The number of hydrogen-bond donors (Lipinski definition) is 2. The highest BCUT2D eigenvalue weighted by Gasteiger charge is 2.22. The first-order valence-electron chi connectivity index (χ1n) is 10.3. The first kappa shape index (κ1) is 21.8. The van der Waals surface area contributed by atoms with Crippen molar-refractivity contribution in [2.75, 3.05) is 23.7 Å². The average molecular weight is 455 g/mol. The number of piperidine rings is 1. The molecule has 0 saturated carbocycles. The number of carbonyl (C=O) groups excluding carboxylic acids is 2. The molecule has 2 aromatic carbocycles. The van der Waals surface area contributed by atoms with Gasteiger partial charge in [-0.2, -0.15) is 0 Å². The number of amides is 2. The van der Waals surface area contributed by atoms with Crippen LogP contribution in [0.25, 0.3) is 5.69 Å². The Bertz CT molecular complexity index is 1070. The van der Waals surface area contributed by atoms with E-state index in [-0.39, 0.29) is 11.3 Å². The lowest BCUT2D eigenvalue weighted by molar-refractivity contribution is -0.119. The fourth-order valence-corrected chi connectivity index (χ4v) is 4.17. The second-order valence-electron chi connectivity index (χ2n) is 7.30. The van der Waals surface area contributed by atoms with E-state index in [9.17, 15) is 14.0 Å². The molecule has 1 aliphatic rings. The van der Waals surface area contributed by atoms with Crippen molar-refractivity contribution in [2.45, 2.75) is 24.4 Å². The van der Waals surface area contributed by atoms with Crippen molar-refractivity contribution in [3.63, 3.8) is 0 Å². The van der Waals surface area contributed by atoms with E-state index in [2.05, 4.69) is 25.9 Å². The van der Waals surface area contributed by atoms with Crippen LogP contribution in [0.15, 0.2) is 59.8 Å². The number of nitrogens with one attached hydrogen (secondary N) is 2. The second-order valence-corrected chi connectivity index (χ2v) is 8.24. The van der Waals surface area contributed by atoms with Crippen LogP contribution in [0.1, 0.15) is 29.6 Å². The largest absolute Gasteiger partial charge is 0.341 e. The molecule has 0 atom stereocenters. The third-order valence-electron chi connectivity index (χ3n) is 5.02. The van der Waals surface area contributed by atoms with Gasteiger partial charge in [-0.1, -0.05) is 30.0 Å². The van der Waals surface area contributed by atoms with Gasteiger partial charge in [-0.05, 0) is 55.7 Å². The molecule has 2 amide bonds. The van der Waals surface area contributed by atoms with Gasteiger partial charge in [-0.25, -0.2) is 4.39 Å². The van der Waals surface area contributed by atoms with Crippen molar-refractivity contribution >= 4 is 29.5 Å². The summed E-state index contributed by atoms with van der Waals surface area (Å²) in [5.74, 6) is -0.554. The minimum atomic E-state index is -0.525. The molecular weight excluding hydrogens is 431 g/mol. The maximum atomic E-state index is 13.0. The maximum Gasteiger partial charge on any atom is 0.269 e. The normalized spacial score (nSPS) is 13.6. The SMILES string of the molecule is O=C(CSc1nnc(N2CCCCC2)n1-c1ccccc1)NNC(=O)c1ccc(F)cc1. The van der Waals surface area contributed by atoms with E-state index in [0.717, 1.165) is 37.6 Å². The van der Waals surface area contributed by atoms with Crippen LogP contribution in [0.5, 0.6) is 0 Å². The summed E-state index contributed by atoms with van der Waals surface area (Å²) in [4.78, 5) is 26.6. The zero-order valence-corrected chi connectivity index (χ0v) is 18.1. The number of thioether (sulfide) groups is 1. The van der Waals surface area contributed by atoms with Crippen LogP contribution >= 0.6 is 11.8 Å². The Kier molecular flexibility index (Phi) is 7.00. The van der Waals surface area contributed by atoms with E-state index < -0.39 is 17.6 Å². The molecule has 2 N–H and O–H groups in total. The lowest BCUT2D eigenvalue weighted by atomic mass is 10.1. The first-order chi connectivity index (χ1) is 15.6. The minimum absolute atomic E-state index is 0.0364. The standard InChI is InChI=1S/C22H23FN6O2S/c23-17-11-9-16(10-12-17)20(31)25-24-19(30)15-32-22-27-26-21(28-13-5-2-6-14-28)29(22)18-7-3-1-4-8-18/h1,3-4,7-12H,2,5-6,13-15H2,(H,24,30)(H,25,31). The highest BCUT2D eigenvalue weighted by Crippen LogP contribution is 2.28. The lowest BCUT2D eigenvalue weighted by Crippen LogP contribution is -2.42. The van der Waals surface area contributed by atoms with Gasteiger partial charge in [0.2, 0.25) is 11.9 Å². The maximum absolute atomic E-state index is 13.0. The molecule has 10 heteroatoms. The predicted molar refractivity (Wildman–Crippen MR) is 120 cm³/mol. The summed E-state index contributed by atoms with van der Waals surface area (Å²) in [6.45, 7) is 1.84. The van der Waals surface area contributed by atoms with Gasteiger partial charge in [0.05, 0.1) is 11.4 Å². The fourth-order valence-electron chi connectivity index (χ4n) is 3.42. The number of hydrazine groups is 1. The van der Waals surface area contributed by atoms with Crippen LogP contribution < -0.4 is 15.8 Å². The molecule has 1 saturated heterocycles. The predicted octanol–water partition coefficient (Wildman–Crippen LogP) is 2.95. The lowest BCUT2D eigenvalue weighted by Gasteiger charge is -2.27. The molecule has 0 aliphatic carbocycles. The Hall–Kier alpha value is -3.40. The van der Waals surface area contributed by atoms with Crippen LogP contribution in [-0.4, -0.2) is 45.4 Å². The summed E-state index contributed by atoms with van der Waals surface area (Å²) in [6.07, 6.45) is 3.43. The van der Waals surface area contributed by atoms with Crippen molar-refractivity contribution < 1.29 is 14.0 Å².